The van der Waals surface area contributed by atoms with E-state index in [1.165, 1.54) is 9.47 Å². The van der Waals surface area contributed by atoms with Crippen molar-refractivity contribution in [1.29, 1.82) is 0 Å². The van der Waals surface area contributed by atoms with E-state index in [2.05, 4.69) is 21.7 Å². The van der Waals surface area contributed by atoms with Crippen molar-refractivity contribution in [2.75, 3.05) is 69.6 Å². The molecule has 266 valence electrons. The van der Waals surface area contributed by atoms with Crippen LogP contribution in [-0.4, -0.2) is 107 Å². The summed E-state index contributed by atoms with van der Waals surface area (Å²) >= 11 is 1.15. The molecule has 3 aromatic rings. The van der Waals surface area contributed by atoms with Crippen molar-refractivity contribution in [2.45, 2.75) is 63.4 Å². The number of likely N-dealkylation sites (N-methyl/N-ethyl adjacent to an activating group) is 1. The summed E-state index contributed by atoms with van der Waals surface area (Å²) in [4.78, 5) is 39.3. The Balaban J connectivity index is 1.51. The highest BCUT2D eigenvalue weighted by atomic mass is 32.2. The van der Waals surface area contributed by atoms with E-state index in [0.29, 0.717) is 12.6 Å². The molecule has 0 radical (unpaired) electrons. The Bertz CT molecular complexity index is 1800. The lowest BCUT2D eigenvalue weighted by Gasteiger charge is -2.42. The Morgan fingerprint density at radius 2 is 1.71 bits per heavy atom. The Kier molecular flexibility index (Phi) is 9.65. The summed E-state index contributed by atoms with van der Waals surface area (Å²) in [6.45, 7) is 14.5. The van der Waals surface area contributed by atoms with E-state index in [0.717, 1.165) is 62.7 Å². The van der Waals surface area contributed by atoms with Crippen LogP contribution in [0.2, 0.25) is 0 Å². The fourth-order valence-electron chi connectivity index (χ4n) is 6.98. The number of aromatic nitrogens is 2. The zero-order chi connectivity index (χ0) is 35.4. The molecule has 6 rings (SSSR count). The minimum Gasteiger partial charge on any atom is -0.444 e. The molecule has 1 aromatic heterocycles. The molecule has 1 unspecified atom stereocenters. The number of hydrogen-bond donors (Lipinski definition) is 0. The Hall–Kier alpha value is -3.43. The van der Waals surface area contributed by atoms with Gasteiger partial charge in [0.1, 0.15) is 23.1 Å². The van der Waals surface area contributed by atoms with Crippen LogP contribution in [0.15, 0.2) is 34.0 Å². The van der Waals surface area contributed by atoms with Crippen molar-refractivity contribution in [1.82, 2.24) is 24.3 Å². The highest BCUT2D eigenvalue weighted by molar-refractivity contribution is 7.99. The molecule has 3 aliphatic rings. The van der Waals surface area contributed by atoms with Crippen LogP contribution in [0.25, 0.3) is 22.0 Å². The normalized spacial score (nSPS) is 21.0. The van der Waals surface area contributed by atoms with Crippen molar-refractivity contribution in [3.63, 3.8) is 0 Å². The smallest absolute Gasteiger partial charge is 0.417 e. The van der Waals surface area contributed by atoms with E-state index >= 15 is 4.39 Å². The van der Waals surface area contributed by atoms with Crippen molar-refractivity contribution in [3.8, 4) is 11.1 Å². The van der Waals surface area contributed by atoms with Crippen LogP contribution in [0.1, 0.15) is 46.2 Å². The second-order valence-corrected chi connectivity index (χ2v) is 14.9. The molecule has 3 aliphatic heterocycles. The van der Waals surface area contributed by atoms with Gasteiger partial charge in [0.25, 0.3) is 0 Å². The van der Waals surface area contributed by atoms with Gasteiger partial charge in [0.15, 0.2) is 0 Å². The van der Waals surface area contributed by atoms with Gasteiger partial charge in [-0.1, -0.05) is 6.92 Å². The number of thioether (sulfide) groups is 1. The summed E-state index contributed by atoms with van der Waals surface area (Å²) in [6, 6.07) is 2.62. The highest BCUT2D eigenvalue weighted by Crippen LogP contribution is 2.50. The molecule has 4 heterocycles. The number of anilines is 1. The standard InChI is InChI=1S/C34H41F5N6O3S/c1-6-41-9-11-42(12-10-41)18-22-19-49-29-27(23-8-7-21(35)15-26(23)36)25(34(37,38)39)16-24-28(29)45(22)31(46)40-30(24)44-14-13-43(17-20(44)2)32(47)48-33(3,4)5/h7-8,15-16,20,22H,6,9-14,17-19H2,1-5H3/t20?,22-/m0/s1. The lowest BCUT2D eigenvalue weighted by molar-refractivity contribution is -0.137. The van der Waals surface area contributed by atoms with Gasteiger partial charge in [-0.3, -0.25) is 9.47 Å². The predicted octanol–water partition coefficient (Wildman–Crippen LogP) is 6.09. The van der Waals surface area contributed by atoms with Crippen molar-refractivity contribution in [2.24, 2.45) is 0 Å². The second kappa shape index (κ2) is 13.4. The second-order valence-electron chi connectivity index (χ2n) is 13.9. The lowest BCUT2D eigenvalue weighted by Crippen LogP contribution is -2.55. The third-order valence-corrected chi connectivity index (χ3v) is 10.6. The summed E-state index contributed by atoms with van der Waals surface area (Å²) in [5.74, 6) is -1.71. The van der Waals surface area contributed by atoms with E-state index < -0.39 is 64.0 Å². The van der Waals surface area contributed by atoms with E-state index in [1.54, 1.807) is 25.7 Å². The minimum absolute atomic E-state index is 0.0725. The maximum absolute atomic E-state index is 15.3. The summed E-state index contributed by atoms with van der Waals surface area (Å²) in [5.41, 5.74) is -3.01. The van der Waals surface area contributed by atoms with Crippen LogP contribution in [0, 0.1) is 11.6 Å². The van der Waals surface area contributed by atoms with Gasteiger partial charge in [-0.15, -0.1) is 11.8 Å². The number of halogens is 5. The molecule has 0 N–H and O–H groups in total. The number of amides is 1. The molecule has 0 saturated carbocycles. The summed E-state index contributed by atoms with van der Waals surface area (Å²) in [7, 11) is 0. The van der Waals surface area contributed by atoms with Gasteiger partial charge in [-0.2, -0.15) is 18.2 Å². The SMILES string of the molecule is CCN1CCN(C[C@H]2CSc3c(-c4ccc(F)cc4F)c(C(F)(F)F)cc4c(N5CCN(C(=O)OC(C)(C)C)CC5C)nc(=O)n2c34)CC1. The molecule has 2 atom stereocenters. The number of benzene rings is 2. The van der Waals surface area contributed by atoms with Crippen LogP contribution in [0.5, 0.6) is 0 Å². The first-order valence-corrected chi connectivity index (χ1v) is 17.5. The van der Waals surface area contributed by atoms with Gasteiger partial charge in [-0.25, -0.2) is 18.4 Å². The number of ether oxygens (including phenoxy) is 1. The molecule has 1 amide bonds. The Morgan fingerprint density at radius 1 is 1.02 bits per heavy atom. The summed E-state index contributed by atoms with van der Waals surface area (Å²) in [5, 5.41) is 0.110. The number of carbonyl (C=O) groups excluding carboxylic acids is 1. The van der Waals surface area contributed by atoms with Crippen LogP contribution in [0.4, 0.5) is 32.6 Å². The third kappa shape index (κ3) is 7.11. The number of hydrogen-bond acceptors (Lipinski definition) is 8. The molecule has 9 nitrogen and oxygen atoms in total. The maximum atomic E-state index is 15.3. The average molecular weight is 709 g/mol. The zero-order valence-electron chi connectivity index (χ0n) is 28.2. The quantitative estimate of drug-likeness (QED) is 0.295. The number of rotatable bonds is 5. The van der Waals surface area contributed by atoms with E-state index in [4.69, 9.17) is 4.74 Å². The first-order valence-electron chi connectivity index (χ1n) is 16.5. The van der Waals surface area contributed by atoms with Crippen LogP contribution < -0.4 is 10.6 Å². The number of carbonyl (C=O) groups is 1. The fraction of sp³-hybridized carbons (Fsp3) is 0.559. The molecule has 2 aromatic carbocycles. The van der Waals surface area contributed by atoms with Crippen LogP contribution in [0.3, 0.4) is 0 Å². The molecular weight excluding hydrogens is 667 g/mol. The van der Waals surface area contributed by atoms with E-state index in [1.807, 2.05) is 6.92 Å². The topological polar surface area (TPSA) is 74.2 Å². The lowest BCUT2D eigenvalue weighted by atomic mass is 9.95. The van der Waals surface area contributed by atoms with Gasteiger partial charge < -0.3 is 19.4 Å². The van der Waals surface area contributed by atoms with Crippen molar-refractivity contribution >= 4 is 34.6 Å². The number of nitrogens with zero attached hydrogens (tertiary/aromatic N) is 6. The summed E-state index contributed by atoms with van der Waals surface area (Å²) in [6.07, 6.45) is -5.43. The molecule has 0 bridgehead atoms. The Morgan fingerprint density at radius 3 is 2.33 bits per heavy atom. The van der Waals surface area contributed by atoms with Gasteiger partial charge >= 0.3 is 18.0 Å². The van der Waals surface area contributed by atoms with Crippen molar-refractivity contribution in [3.05, 3.63) is 51.9 Å². The van der Waals surface area contributed by atoms with Crippen LogP contribution in [-0.2, 0) is 10.9 Å². The molecule has 0 aliphatic carbocycles. The largest absolute Gasteiger partial charge is 0.444 e. The van der Waals surface area contributed by atoms with Crippen molar-refractivity contribution < 1.29 is 31.5 Å². The molecule has 2 fully saturated rings. The van der Waals surface area contributed by atoms with Gasteiger partial charge in [0.05, 0.1) is 17.1 Å². The molecular formula is C34H41F5N6O3S. The summed E-state index contributed by atoms with van der Waals surface area (Å²) < 4.78 is 81.3. The Labute approximate surface area is 286 Å². The monoisotopic (exact) mass is 708 g/mol. The van der Waals surface area contributed by atoms with E-state index in [-0.39, 0.29) is 47.0 Å². The molecule has 15 heteroatoms. The van der Waals surface area contributed by atoms with Gasteiger partial charge in [0.2, 0.25) is 0 Å². The predicted molar refractivity (Wildman–Crippen MR) is 179 cm³/mol. The minimum atomic E-state index is -4.92. The maximum Gasteiger partial charge on any atom is 0.417 e. The zero-order valence-corrected chi connectivity index (χ0v) is 29.1. The highest BCUT2D eigenvalue weighted by Gasteiger charge is 2.41. The molecule has 2 saturated heterocycles. The van der Waals surface area contributed by atoms with Gasteiger partial charge in [-0.05, 0) is 52.4 Å². The molecule has 49 heavy (non-hydrogen) atoms. The first-order chi connectivity index (χ1) is 23.1. The molecule has 0 spiro atoms. The fourth-order valence-corrected chi connectivity index (χ4v) is 8.30. The third-order valence-electron chi connectivity index (χ3n) is 9.37. The van der Waals surface area contributed by atoms with Gasteiger partial charge in [0, 0.05) is 91.6 Å². The van der Waals surface area contributed by atoms with E-state index in [9.17, 15) is 27.2 Å². The first kappa shape index (κ1) is 35.4. The number of alkyl halides is 3. The van der Waals surface area contributed by atoms with Crippen LogP contribution >= 0.6 is 11.8 Å². The average Bonchev–Trinajstić information content (AvgIpc) is 3.02. The number of piperazine rings is 2.